The zero-order valence-electron chi connectivity index (χ0n) is 12.6. The Morgan fingerprint density at radius 1 is 1.04 bits per heavy atom. The molecule has 0 atom stereocenters. The van der Waals surface area contributed by atoms with Gasteiger partial charge in [-0.15, -0.1) is 0 Å². The van der Waals surface area contributed by atoms with Crippen molar-refractivity contribution < 1.29 is 18.5 Å². The average molecular weight is 326 g/mol. The van der Waals surface area contributed by atoms with Crippen LogP contribution < -0.4 is 10.9 Å². The molecule has 3 aromatic rings. The largest absolute Gasteiger partial charge is 0.461 e. The highest BCUT2D eigenvalue weighted by Crippen LogP contribution is 2.16. The van der Waals surface area contributed by atoms with Crippen molar-refractivity contribution in [3.63, 3.8) is 0 Å². The molecule has 0 spiro atoms. The molecular formula is C16H14N4O4. The minimum atomic E-state index is -0.387. The molecule has 2 heterocycles. The van der Waals surface area contributed by atoms with Gasteiger partial charge in [-0.2, -0.15) is 4.98 Å². The van der Waals surface area contributed by atoms with E-state index in [2.05, 4.69) is 21.0 Å². The lowest BCUT2D eigenvalue weighted by Gasteiger charge is -2.06. The van der Waals surface area contributed by atoms with E-state index in [4.69, 9.17) is 8.94 Å². The molecular weight excluding hydrogens is 312 g/mol. The first-order valence-electron chi connectivity index (χ1n) is 7.23. The van der Waals surface area contributed by atoms with E-state index in [0.717, 1.165) is 0 Å². The summed E-state index contributed by atoms with van der Waals surface area (Å²) in [6.45, 7) is 0. The Labute approximate surface area is 136 Å². The smallest absolute Gasteiger partial charge is 0.269 e. The van der Waals surface area contributed by atoms with Crippen LogP contribution in [0, 0.1) is 0 Å². The van der Waals surface area contributed by atoms with Crippen molar-refractivity contribution in [2.24, 2.45) is 0 Å². The predicted molar refractivity (Wildman–Crippen MR) is 82.4 cm³/mol. The number of nitrogens with one attached hydrogen (secondary N) is 2. The third-order valence-electron chi connectivity index (χ3n) is 3.13. The van der Waals surface area contributed by atoms with Gasteiger partial charge in [0.25, 0.3) is 5.91 Å². The van der Waals surface area contributed by atoms with Gasteiger partial charge in [0.05, 0.1) is 6.26 Å². The molecule has 8 nitrogen and oxygen atoms in total. The molecule has 1 aromatic carbocycles. The molecule has 8 heteroatoms. The van der Waals surface area contributed by atoms with Gasteiger partial charge in [-0.05, 0) is 24.3 Å². The van der Waals surface area contributed by atoms with Crippen LogP contribution in [0.3, 0.4) is 0 Å². The van der Waals surface area contributed by atoms with E-state index >= 15 is 0 Å². The molecule has 0 radical (unpaired) electrons. The Morgan fingerprint density at radius 3 is 2.62 bits per heavy atom. The van der Waals surface area contributed by atoms with Crippen LogP contribution >= 0.6 is 0 Å². The molecule has 122 valence electrons. The average Bonchev–Trinajstić information content (AvgIpc) is 3.29. The maximum absolute atomic E-state index is 11.8. The van der Waals surface area contributed by atoms with Crippen molar-refractivity contribution in [2.75, 3.05) is 0 Å². The molecule has 24 heavy (non-hydrogen) atoms. The number of carbonyl (C=O) groups is 2. The van der Waals surface area contributed by atoms with Gasteiger partial charge in [0, 0.05) is 18.4 Å². The number of carbonyl (C=O) groups excluding carboxylic acids is 2. The fourth-order valence-corrected chi connectivity index (χ4v) is 1.93. The maximum atomic E-state index is 11.8. The topological polar surface area (TPSA) is 110 Å². The number of hydrogen-bond acceptors (Lipinski definition) is 6. The molecule has 0 aliphatic carbocycles. The van der Waals surface area contributed by atoms with Gasteiger partial charge in [0.15, 0.2) is 5.76 Å². The van der Waals surface area contributed by atoms with E-state index < -0.39 is 0 Å². The van der Waals surface area contributed by atoms with Gasteiger partial charge in [0.2, 0.25) is 17.6 Å². The van der Waals surface area contributed by atoms with Gasteiger partial charge in [0.1, 0.15) is 0 Å². The van der Waals surface area contributed by atoms with E-state index in [-0.39, 0.29) is 24.7 Å². The Kier molecular flexibility index (Phi) is 4.66. The number of furan rings is 1. The first-order chi connectivity index (χ1) is 11.7. The summed E-state index contributed by atoms with van der Waals surface area (Å²) in [4.78, 5) is 27.7. The van der Waals surface area contributed by atoms with E-state index in [0.29, 0.717) is 23.0 Å². The highest BCUT2D eigenvalue weighted by atomic mass is 16.5. The Morgan fingerprint density at radius 2 is 1.88 bits per heavy atom. The molecule has 0 bridgehead atoms. The van der Waals surface area contributed by atoms with Gasteiger partial charge in [-0.1, -0.05) is 23.4 Å². The van der Waals surface area contributed by atoms with Crippen molar-refractivity contribution in [3.05, 3.63) is 60.2 Å². The lowest BCUT2D eigenvalue weighted by molar-refractivity contribution is -0.121. The summed E-state index contributed by atoms with van der Waals surface area (Å²) < 4.78 is 10.2. The molecule has 0 saturated heterocycles. The highest BCUT2D eigenvalue weighted by molar-refractivity contribution is 5.95. The molecule has 0 fully saturated rings. The van der Waals surface area contributed by atoms with Crippen molar-refractivity contribution in [1.29, 1.82) is 0 Å². The van der Waals surface area contributed by atoms with Crippen LogP contribution in [0.4, 0.5) is 0 Å². The molecule has 0 aliphatic heterocycles. The van der Waals surface area contributed by atoms with Gasteiger partial charge < -0.3 is 8.94 Å². The van der Waals surface area contributed by atoms with Crippen LogP contribution in [0.5, 0.6) is 0 Å². The van der Waals surface area contributed by atoms with E-state index in [1.54, 1.807) is 42.5 Å². The number of aryl methyl sites for hydroxylation is 1. The minimum Gasteiger partial charge on any atom is -0.461 e. The van der Waals surface area contributed by atoms with Crippen LogP contribution in [-0.4, -0.2) is 22.0 Å². The number of amides is 2. The Hall–Kier alpha value is -3.42. The summed E-state index contributed by atoms with van der Waals surface area (Å²) in [6, 6.07) is 12.0. The fourth-order valence-electron chi connectivity index (χ4n) is 1.93. The van der Waals surface area contributed by atoms with Gasteiger partial charge in [-0.3, -0.25) is 20.4 Å². The minimum absolute atomic E-state index is 0.0921. The monoisotopic (exact) mass is 326 g/mol. The summed E-state index contributed by atoms with van der Waals surface area (Å²) in [5.41, 5.74) is 5.14. The number of rotatable bonds is 5. The molecule has 0 aliphatic rings. The van der Waals surface area contributed by atoms with Gasteiger partial charge in [-0.25, -0.2) is 0 Å². The zero-order chi connectivity index (χ0) is 16.8. The quantitative estimate of drug-likeness (QED) is 0.691. The zero-order valence-corrected chi connectivity index (χ0v) is 12.6. The molecule has 3 rings (SSSR count). The number of hydrazine groups is 1. The van der Waals surface area contributed by atoms with Crippen LogP contribution in [-0.2, 0) is 11.2 Å². The summed E-state index contributed by atoms with van der Waals surface area (Å²) in [5, 5.41) is 3.77. The predicted octanol–water partition coefficient (Wildman–Crippen LogP) is 1.72. The van der Waals surface area contributed by atoms with Gasteiger partial charge >= 0.3 is 0 Å². The lowest BCUT2D eigenvalue weighted by atomic mass is 10.2. The number of benzene rings is 1. The lowest BCUT2D eigenvalue weighted by Crippen LogP contribution is -2.41. The first kappa shape index (κ1) is 15.5. The Bertz CT molecular complexity index is 812. The second-order valence-electron chi connectivity index (χ2n) is 4.86. The van der Waals surface area contributed by atoms with E-state index in [1.807, 2.05) is 0 Å². The standard InChI is InChI=1S/C16H14N4O4/c21-13(18-19-16(22)11-5-2-1-3-6-11)8-9-14-17-15(20-24-14)12-7-4-10-23-12/h1-7,10H,8-9H2,(H,18,21)(H,19,22). The van der Waals surface area contributed by atoms with Crippen LogP contribution in [0.2, 0.25) is 0 Å². The molecule has 2 N–H and O–H groups in total. The Balaban J connectivity index is 1.45. The van der Waals surface area contributed by atoms with E-state index in [1.165, 1.54) is 6.26 Å². The summed E-state index contributed by atoms with van der Waals surface area (Å²) >= 11 is 0. The highest BCUT2D eigenvalue weighted by Gasteiger charge is 2.13. The molecule has 0 saturated carbocycles. The number of nitrogens with zero attached hydrogens (tertiary/aromatic N) is 2. The number of hydrogen-bond donors (Lipinski definition) is 2. The van der Waals surface area contributed by atoms with Crippen molar-refractivity contribution in [1.82, 2.24) is 21.0 Å². The SMILES string of the molecule is O=C(CCc1nc(-c2ccco2)no1)NNC(=O)c1ccccc1. The van der Waals surface area contributed by atoms with Crippen molar-refractivity contribution >= 4 is 11.8 Å². The number of aromatic nitrogens is 2. The summed E-state index contributed by atoms with van der Waals surface area (Å²) in [6.07, 6.45) is 1.85. The summed E-state index contributed by atoms with van der Waals surface area (Å²) in [7, 11) is 0. The van der Waals surface area contributed by atoms with Crippen molar-refractivity contribution in [2.45, 2.75) is 12.8 Å². The van der Waals surface area contributed by atoms with Crippen LogP contribution in [0.25, 0.3) is 11.6 Å². The van der Waals surface area contributed by atoms with Crippen LogP contribution in [0.1, 0.15) is 22.7 Å². The molecule has 0 unspecified atom stereocenters. The van der Waals surface area contributed by atoms with Crippen LogP contribution in [0.15, 0.2) is 57.7 Å². The third-order valence-corrected chi connectivity index (χ3v) is 3.13. The fraction of sp³-hybridized carbons (Fsp3) is 0.125. The molecule has 2 amide bonds. The third kappa shape index (κ3) is 3.86. The maximum Gasteiger partial charge on any atom is 0.269 e. The normalized spacial score (nSPS) is 10.3. The first-order valence-corrected chi connectivity index (χ1v) is 7.23. The summed E-state index contributed by atoms with van der Waals surface area (Å²) in [5.74, 6) is 0.377. The second kappa shape index (κ2) is 7.23. The molecule has 2 aromatic heterocycles. The van der Waals surface area contributed by atoms with E-state index in [9.17, 15) is 9.59 Å². The second-order valence-corrected chi connectivity index (χ2v) is 4.86. The van der Waals surface area contributed by atoms with Crippen molar-refractivity contribution in [3.8, 4) is 11.6 Å².